The van der Waals surface area contributed by atoms with Crippen molar-refractivity contribution in [3.8, 4) is 6.07 Å². The molecule has 0 aliphatic heterocycles. The van der Waals surface area contributed by atoms with Crippen LogP contribution in [0, 0.1) is 17.2 Å². The van der Waals surface area contributed by atoms with Gasteiger partial charge in [0.25, 0.3) is 0 Å². The topological polar surface area (TPSA) is 62.2 Å². The highest BCUT2D eigenvalue weighted by molar-refractivity contribution is 6.03. The second kappa shape index (κ2) is 5.36. The Morgan fingerprint density at radius 1 is 1.67 bits per heavy atom. The molecule has 0 fully saturated rings. The molecular formula is C9H15N3. The number of hydrogen-bond acceptors (Lipinski definition) is 3. The zero-order chi connectivity index (χ0) is 9.56. The van der Waals surface area contributed by atoms with Crippen molar-refractivity contribution in [3.05, 3.63) is 11.8 Å². The first-order chi connectivity index (χ1) is 5.65. The van der Waals surface area contributed by atoms with E-state index in [0.29, 0.717) is 11.5 Å². The average molecular weight is 165 g/mol. The van der Waals surface area contributed by atoms with Crippen molar-refractivity contribution in [2.75, 3.05) is 7.05 Å². The minimum atomic E-state index is 0.478. The van der Waals surface area contributed by atoms with E-state index in [1.165, 1.54) is 6.20 Å². The molecule has 12 heavy (non-hydrogen) atoms. The van der Waals surface area contributed by atoms with E-state index in [-0.39, 0.29) is 0 Å². The predicted molar refractivity (Wildman–Crippen MR) is 50.7 cm³/mol. The van der Waals surface area contributed by atoms with E-state index in [2.05, 4.69) is 18.8 Å². The molecule has 0 unspecified atom stereocenters. The van der Waals surface area contributed by atoms with E-state index >= 15 is 0 Å². The van der Waals surface area contributed by atoms with Crippen molar-refractivity contribution in [3.63, 3.8) is 0 Å². The maximum Gasteiger partial charge on any atom is 0.103 e. The Morgan fingerprint density at radius 2 is 2.25 bits per heavy atom. The smallest absolute Gasteiger partial charge is 0.103 e. The fourth-order valence-corrected chi connectivity index (χ4v) is 0.906. The van der Waals surface area contributed by atoms with Gasteiger partial charge in [0, 0.05) is 13.2 Å². The first-order valence-electron chi connectivity index (χ1n) is 3.93. The van der Waals surface area contributed by atoms with E-state index in [9.17, 15) is 0 Å². The maximum atomic E-state index is 8.66. The Labute approximate surface area is 73.6 Å². The highest BCUT2D eigenvalue weighted by Crippen LogP contribution is 2.07. The molecule has 0 saturated heterocycles. The van der Waals surface area contributed by atoms with Gasteiger partial charge in [0.15, 0.2) is 0 Å². The number of nitrogens with two attached hydrogens (primary N) is 1. The standard InChI is InChI=1S/C9H15N3/c1-7(2)4-9(12-3)8(5-10)6-11/h5,7H,4,10H2,1-3H3/b8-5-,12-9?. The normalized spacial score (nSPS) is 13.2. The third kappa shape index (κ3) is 3.20. The zero-order valence-electron chi connectivity index (χ0n) is 7.83. The molecule has 0 radical (unpaired) electrons. The minimum Gasteiger partial charge on any atom is -0.403 e. The van der Waals surface area contributed by atoms with Crippen molar-refractivity contribution in [1.29, 1.82) is 5.26 Å². The van der Waals surface area contributed by atoms with Gasteiger partial charge in [-0.1, -0.05) is 13.8 Å². The molecule has 0 aliphatic rings. The van der Waals surface area contributed by atoms with E-state index in [0.717, 1.165) is 12.1 Å². The molecule has 0 aromatic rings. The van der Waals surface area contributed by atoms with Gasteiger partial charge in [0.2, 0.25) is 0 Å². The molecule has 3 heteroatoms. The van der Waals surface area contributed by atoms with Gasteiger partial charge in [-0.2, -0.15) is 5.26 Å². The Kier molecular flexibility index (Phi) is 4.78. The molecule has 0 spiro atoms. The maximum absolute atomic E-state index is 8.66. The fraction of sp³-hybridized carbons (Fsp3) is 0.556. The molecular weight excluding hydrogens is 150 g/mol. The molecule has 0 bridgehead atoms. The van der Waals surface area contributed by atoms with Gasteiger partial charge in [-0.15, -0.1) is 0 Å². The molecule has 0 aliphatic carbocycles. The summed E-state index contributed by atoms with van der Waals surface area (Å²) in [5.41, 5.74) is 6.54. The lowest BCUT2D eigenvalue weighted by molar-refractivity contribution is 0.683. The van der Waals surface area contributed by atoms with Crippen molar-refractivity contribution in [2.24, 2.45) is 16.6 Å². The SMILES string of the molecule is CN=C(CC(C)C)/C(C#N)=C\N. The van der Waals surface area contributed by atoms with Crippen LogP contribution >= 0.6 is 0 Å². The highest BCUT2D eigenvalue weighted by Gasteiger charge is 2.06. The van der Waals surface area contributed by atoms with Gasteiger partial charge < -0.3 is 5.73 Å². The van der Waals surface area contributed by atoms with Crippen LogP contribution in [-0.2, 0) is 0 Å². The molecule has 0 atom stereocenters. The number of allylic oxidation sites excluding steroid dienone is 1. The van der Waals surface area contributed by atoms with Crippen LogP contribution in [0.15, 0.2) is 16.8 Å². The fourth-order valence-electron chi connectivity index (χ4n) is 0.906. The molecule has 0 rings (SSSR count). The first-order valence-corrected chi connectivity index (χ1v) is 3.93. The Morgan fingerprint density at radius 3 is 2.50 bits per heavy atom. The van der Waals surface area contributed by atoms with Gasteiger partial charge in [0.1, 0.15) is 6.07 Å². The summed E-state index contributed by atoms with van der Waals surface area (Å²) in [6.07, 6.45) is 2.11. The summed E-state index contributed by atoms with van der Waals surface area (Å²) in [7, 11) is 1.68. The van der Waals surface area contributed by atoms with Crippen LogP contribution in [0.25, 0.3) is 0 Å². The van der Waals surface area contributed by atoms with E-state index in [1.54, 1.807) is 7.05 Å². The first kappa shape index (κ1) is 10.7. The predicted octanol–water partition coefficient (Wildman–Crippen LogP) is 1.47. The average Bonchev–Trinajstić information content (AvgIpc) is 2.04. The monoisotopic (exact) mass is 165 g/mol. The van der Waals surface area contributed by atoms with Crippen LogP contribution in [0.5, 0.6) is 0 Å². The third-order valence-corrected chi connectivity index (χ3v) is 1.47. The van der Waals surface area contributed by atoms with E-state index in [1.807, 2.05) is 6.07 Å². The van der Waals surface area contributed by atoms with Crippen LogP contribution in [-0.4, -0.2) is 12.8 Å². The Hall–Kier alpha value is -1.30. The van der Waals surface area contributed by atoms with Crippen molar-refractivity contribution in [2.45, 2.75) is 20.3 Å². The quantitative estimate of drug-likeness (QED) is 0.508. The van der Waals surface area contributed by atoms with Crippen molar-refractivity contribution in [1.82, 2.24) is 0 Å². The number of hydrogen-bond donors (Lipinski definition) is 1. The van der Waals surface area contributed by atoms with Crippen LogP contribution in [0.3, 0.4) is 0 Å². The molecule has 0 aromatic carbocycles. The van der Waals surface area contributed by atoms with Gasteiger partial charge >= 0.3 is 0 Å². The summed E-state index contributed by atoms with van der Waals surface area (Å²) in [6.45, 7) is 4.16. The summed E-state index contributed by atoms with van der Waals surface area (Å²) < 4.78 is 0. The van der Waals surface area contributed by atoms with Crippen LogP contribution in [0.2, 0.25) is 0 Å². The Bertz CT molecular complexity index is 231. The minimum absolute atomic E-state index is 0.478. The van der Waals surface area contributed by atoms with Gasteiger partial charge in [-0.05, 0) is 12.3 Å². The lowest BCUT2D eigenvalue weighted by Gasteiger charge is -2.05. The van der Waals surface area contributed by atoms with Crippen LogP contribution < -0.4 is 5.73 Å². The number of nitrogens with zero attached hydrogens (tertiary/aromatic N) is 2. The highest BCUT2D eigenvalue weighted by atomic mass is 14.7. The molecule has 0 aromatic heterocycles. The summed E-state index contributed by atoms with van der Waals surface area (Å²) in [4.78, 5) is 4.02. The summed E-state index contributed by atoms with van der Waals surface area (Å²) in [5, 5.41) is 8.66. The van der Waals surface area contributed by atoms with Crippen LogP contribution in [0.1, 0.15) is 20.3 Å². The number of aliphatic imine (C=N–C) groups is 1. The van der Waals surface area contributed by atoms with Crippen molar-refractivity contribution >= 4 is 5.71 Å². The van der Waals surface area contributed by atoms with E-state index < -0.39 is 0 Å². The summed E-state index contributed by atoms with van der Waals surface area (Å²) in [5.74, 6) is 0.493. The summed E-state index contributed by atoms with van der Waals surface area (Å²) in [6, 6.07) is 2.01. The van der Waals surface area contributed by atoms with Crippen molar-refractivity contribution < 1.29 is 0 Å². The molecule has 0 amide bonds. The molecule has 0 heterocycles. The lowest BCUT2D eigenvalue weighted by Crippen LogP contribution is -2.07. The van der Waals surface area contributed by atoms with E-state index in [4.69, 9.17) is 11.0 Å². The molecule has 3 nitrogen and oxygen atoms in total. The number of rotatable bonds is 3. The summed E-state index contributed by atoms with van der Waals surface area (Å²) >= 11 is 0. The van der Waals surface area contributed by atoms with Gasteiger partial charge in [0.05, 0.1) is 11.3 Å². The molecule has 66 valence electrons. The van der Waals surface area contributed by atoms with Crippen LogP contribution in [0.4, 0.5) is 0 Å². The number of nitriles is 1. The third-order valence-electron chi connectivity index (χ3n) is 1.47. The van der Waals surface area contributed by atoms with Gasteiger partial charge in [-0.3, -0.25) is 4.99 Å². The largest absolute Gasteiger partial charge is 0.403 e. The molecule has 0 saturated carbocycles. The lowest BCUT2D eigenvalue weighted by atomic mass is 10.0. The second-order valence-electron chi connectivity index (χ2n) is 2.96. The molecule has 2 N–H and O–H groups in total. The van der Waals surface area contributed by atoms with Gasteiger partial charge in [-0.25, -0.2) is 0 Å². The Balaban J connectivity index is 4.50. The second-order valence-corrected chi connectivity index (χ2v) is 2.96. The zero-order valence-corrected chi connectivity index (χ0v) is 7.83.